The van der Waals surface area contributed by atoms with E-state index in [2.05, 4.69) is 5.32 Å². The monoisotopic (exact) mass is 268 g/mol. The largest absolute Gasteiger partial charge is 0.356 e. The number of amides is 1. The van der Waals surface area contributed by atoms with Gasteiger partial charge in [0.25, 0.3) is 0 Å². The first-order valence-corrected chi connectivity index (χ1v) is 6.56. The lowest BCUT2D eigenvalue weighted by molar-refractivity contribution is -0.122. The number of unbranched alkanes of at least 4 members (excludes halogenated alkanes) is 1. The van der Waals surface area contributed by atoms with Crippen LogP contribution >= 0.6 is 0 Å². The Hall–Kier alpha value is -1.49. The van der Waals surface area contributed by atoms with Crippen LogP contribution in [0.3, 0.4) is 0 Å². The van der Waals surface area contributed by atoms with E-state index in [1.807, 2.05) is 0 Å². The fourth-order valence-corrected chi connectivity index (χ4v) is 2.21. The van der Waals surface area contributed by atoms with Crippen LogP contribution in [0.15, 0.2) is 18.2 Å². The van der Waals surface area contributed by atoms with Crippen LogP contribution in [-0.4, -0.2) is 19.0 Å². The Balaban J connectivity index is 1.83. The van der Waals surface area contributed by atoms with Crippen LogP contribution in [0.4, 0.5) is 8.78 Å². The van der Waals surface area contributed by atoms with E-state index >= 15 is 0 Å². The number of nitrogens with two attached hydrogens (primary N) is 1. The van der Waals surface area contributed by atoms with Crippen LogP contribution in [0.2, 0.25) is 0 Å². The molecule has 2 rings (SSSR count). The second kappa shape index (κ2) is 6.10. The highest BCUT2D eigenvalue weighted by Crippen LogP contribution is 2.47. The van der Waals surface area contributed by atoms with E-state index in [-0.39, 0.29) is 17.7 Å². The van der Waals surface area contributed by atoms with Gasteiger partial charge in [-0.25, -0.2) is 8.78 Å². The maximum atomic E-state index is 13.1. The second-order valence-corrected chi connectivity index (χ2v) is 4.91. The van der Waals surface area contributed by atoms with Crippen molar-refractivity contribution in [2.75, 3.05) is 13.1 Å². The molecule has 19 heavy (non-hydrogen) atoms. The summed E-state index contributed by atoms with van der Waals surface area (Å²) in [5.41, 5.74) is 6.06. The van der Waals surface area contributed by atoms with Crippen molar-refractivity contribution in [2.24, 2.45) is 11.7 Å². The maximum absolute atomic E-state index is 13.1. The molecule has 1 aromatic carbocycles. The Kier molecular flexibility index (Phi) is 4.47. The SMILES string of the molecule is NCCCCNC(=O)C1CC1c1ccc(F)c(F)c1. The Morgan fingerprint density at radius 2 is 2.11 bits per heavy atom. The molecule has 0 aromatic heterocycles. The maximum Gasteiger partial charge on any atom is 0.223 e. The molecule has 5 heteroatoms. The molecule has 0 heterocycles. The van der Waals surface area contributed by atoms with Gasteiger partial charge < -0.3 is 11.1 Å². The van der Waals surface area contributed by atoms with Gasteiger partial charge in [0.05, 0.1) is 0 Å². The van der Waals surface area contributed by atoms with Crippen molar-refractivity contribution in [3.8, 4) is 0 Å². The molecule has 1 saturated carbocycles. The zero-order chi connectivity index (χ0) is 13.8. The lowest BCUT2D eigenvalue weighted by Crippen LogP contribution is -2.26. The van der Waals surface area contributed by atoms with Crippen LogP contribution in [0.1, 0.15) is 30.7 Å². The minimum absolute atomic E-state index is 0.00763. The van der Waals surface area contributed by atoms with Gasteiger partial charge >= 0.3 is 0 Å². The summed E-state index contributed by atoms with van der Waals surface area (Å²) in [6, 6.07) is 3.84. The average molecular weight is 268 g/mol. The highest BCUT2D eigenvalue weighted by molar-refractivity contribution is 5.82. The molecule has 0 radical (unpaired) electrons. The Morgan fingerprint density at radius 3 is 2.79 bits per heavy atom. The van der Waals surface area contributed by atoms with E-state index in [1.165, 1.54) is 6.07 Å². The van der Waals surface area contributed by atoms with E-state index < -0.39 is 11.6 Å². The average Bonchev–Trinajstić information content (AvgIpc) is 3.18. The summed E-state index contributed by atoms with van der Waals surface area (Å²) in [5.74, 6) is -1.81. The molecule has 1 aliphatic rings. The standard InChI is InChI=1S/C14H18F2N2O/c15-12-4-3-9(7-13(12)16)10-8-11(10)14(19)18-6-2-1-5-17/h3-4,7,10-11H,1-2,5-6,8,17H2,(H,18,19). The topological polar surface area (TPSA) is 55.1 Å². The molecular weight excluding hydrogens is 250 g/mol. The molecule has 0 aliphatic heterocycles. The Bertz CT molecular complexity index is 465. The molecule has 2 unspecified atom stereocenters. The number of nitrogens with one attached hydrogen (secondary N) is 1. The van der Waals surface area contributed by atoms with Crippen LogP contribution < -0.4 is 11.1 Å². The zero-order valence-electron chi connectivity index (χ0n) is 10.7. The predicted octanol–water partition coefficient (Wildman–Crippen LogP) is 1.92. The summed E-state index contributed by atoms with van der Waals surface area (Å²) in [5, 5.41) is 2.84. The van der Waals surface area contributed by atoms with Crippen molar-refractivity contribution < 1.29 is 13.6 Å². The lowest BCUT2D eigenvalue weighted by Gasteiger charge is -2.04. The summed E-state index contributed by atoms with van der Waals surface area (Å²) < 4.78 is 25.9. The molecule has 2 atom stereocenters. The first-order valence-electron chi connectivity index (χ1n) is 6.56. The van der Waals surface area contributed by atoms with Gasteiger partial charge in [0.15, 0.2) is 11.6 Å². The third-order valence-corrected chi connectivity index (χ3v) is 3.43. The number of hydrogen-bond donors (Lipinski definition) is 2. The van der Waals surface area contributed by atoms with E-state index in [0.717, 1.165) is 18.9 Å². The summed E-state index contributed by atoms with van der Waals surface area (Å²) in [6.45, 7) is 1.24. The third kappa shape index (κ3) is 3.50. The molecule has 1 aromatic rings. The number of rotatable bonds is 6. The number of carbonyl (C=O) groups is 1. The third-order valence-electron chi connectivity index (χ3n) is 3.43. The van der Waals surface area contributed by atoms with Crippen molar-refractivity contribution in [1.82, 2.24) is 5.32 Å². The van der Waals surface area contributed by atoms with Gasteiger partial charge in [-0.2, -0.15) is 0 Å². The quantitative estimate of drug-likeness (QED) is 0.774. The van der Waals surface area contributed by atoms with E-state index in [9.17, 15) is 13.6 Å². The highest BCUT2D eigenvalue weighted by atomic mass is 19.2. The summed E-state index contributed by atoms with van der Waals surface area (Å²) in [6.07, 6.45) is 2.45. The number of benzene rings is 1. The fraction of sp³-hybridized carbons (Fsp3) is 0.500. The van der Waals surface area contributed by atoms with Crippen LogP contribution in [-0.2, 0) is 4.79 Å². The van der Waals surface area contributed by atoms with Crippen LogP contribution in [0.5, 0.6) is 0 Å². The van der Waals surface area contributed by atoms with Gasteiger partial charge in [-0.3, -0.25) is 4.79 Å². The van der Waals surface area contributed by atoms with Gasteiger partial charge in [0.1, 0.15) is 0 Å². The Morgan fingerprint density at radius 1 is 1.32 bits per heavy atom. The minimum Gasteiger partial charge on any atom is -0.356 e. The Labute approximate surface area is 111 Å². The molecular formula is C14H18F2N2O. The summed E-state index contributed by atoms with van der Waals surface area (Å²) >= 11 is 0. The number of carbonyl (C=O) groups excluding carboxylic acids is 1. The van der Waals surface area contributed by atoms with Crippen molar-refractivity contribution in [2.45, 2.75) is 25.2 Å². The van der Waals surface area contributed by atoms with E-state index in [0.29, 0.717) is 25.1 Å². The molecule has 3 nitrogen and oxygen atoms in total. The van der Waals surface area contributed by atoms with Crippen molar-refractivity contribution >= 4 is 5.91 Å². The van der Waals surface area contributed by atoms with Crippen LogP contribution in [0.25, 0.3) is 0 Å². The van der Waals surface area contributed by atoms with Crippen molar-refractivity contribution in [3.05, 3.63) is 35.4 Å². The van der Waals surface area contributed by atoms with Crippen molar-refractivity contribution in [3.63, 3.8) is 0 Å². The van der Waals surface area contributed by atoms with Gasteiger partial charge in [-0.1, -0.05) is 6.07 Å². The predicted molar refractivity (Wildman–Crippen MR) is 68.5 cm³/mol. The fourth-order valence-electron chi connectivity index (χ4n) is 2.21. The van der Waals surface area contributed by atoms with Gasteiger partial charge in [-0.05, 0) is 49.4 Å². The smallest absolute Gasteiger partial charge is 0.223 e. The summed E-state index contributed by atoms with van der Waals surface area (Å²) in [4.78, 5) is 11.8. The molecule has 3 N–H and O–H groups in total. The molecule has 0 spiro atoms. The van der Waals surface area contributed by atoms with Gasteiger partial charge in [0.2, 0.25) is 5.91 Å². The molecule has 1 amide bonds. The zero-order valence-corrected chi connectivity index (χ0v) is 10.7. The van der Waals surface area contributed by atoms with Crippen molar-refractivity contribution in [1.29, 1.82) is 0 Å². The first-order chi connectivity index (χ1) is 9.13. The highest BCUT2D eigenvalue weighted by Gasteiger charge is 2.43. The molecule has 104 valence electrons. The molecule has 0 saturated heterocycles. The van der Waals surface area contributed by atoms with Crippen LogP contribution in [0, 0.1) is 17.6 Å². The number of hydrogen-bond acceptors (Lipinski definition) is 2. The van der Waals surface area contributed by atoms with Gasteiger partial charge in [-0.15, -0.1) is 0 Å². The van der Waals surface area contributed by atoms with E-state index in [4.69, 9.17) is 5.73 Å². The normalized spacial score (nSPS) is 21.2. The minimum atomic E-state index is -0.855. The summed E-state index contributed by atoms with van der Waals surface area (Å²) in [7, 11) is 0. The number of halogens is 2. The van der Waals surface area contributed by atoms with Gasteiger partial charge in [0, 0.05) is 12.5 Å². The second-order valence-electron chi connectivity index (χ2n) is 4.91. The molecule has 1 fully saturated rings. The van der Waals surface area contributed by atoms with E-state index in [1.54, 1.807) is 6.07 Å². The molecule has 0 bridgehead atoms. The lowest BCUT2D eigenvalue weighted by atomic mass is 10.1. The first kappa shape index (κ1) is 13.9. The molecule has 1 aliphatic carbocycles.